The third-order valence-corrected chi connectivity index (χ3v) is 1.95. The lowest BCUT2D eigenvalue weighted by Crippen LogP contribution is -2.29. The molecule has 0 heterocycles. The maximum absolute atomic E-state index is 11.7. The Morgan fingerprint density at radius 1 is 1.47 bits per heavy atom. The van der Waals surface area contributed by atoms with Crippen LogP contribution in [0.3, 0.4) is 0 Å². The quantitative estimate of drug-likeness (QED) is 0.804. The fourth-order valence-corrected chi connectivity index (χ4v) is 1.11. The molecule has 2 N–H and O–H groups in total. The average molecular weight is 249 g/mol. The first kappa shape index (κ1) is 13.3. The summed E-state index contributed by atoms with van der Waals surface area (Å²) < 4.78 is 35.2. The van der Waals surface area contributed by atoms with Crippen LogP contribution < -0.4 is 5.48 Å². The van der Waals surface area contributed by atoms with Crippen LogP contribution in [0.4, 0.5) is 13.2 Å². The van der Waals surface area contributed by atoms with Gasteiger partial charge in [0.25, 0.3) is 5.91 Å². The number of rotatable bonds is 3. The summed E-state index contributed by atoms with van der Waals surface area (Å²) in [6, 6.07) is 4.13. The number of aromatic hydroxyl groups is 1. The van der Waals surface area contributed by atoms with E-state index < -0.39 is 18.7 Å². The summed E-state index contributed by atoms with van der Waals surface area (Å²) in [5, 5.41) is 9.30. The normalized spacial score (nSPS) is 11.3. The van der Waals surface area contributed by atoms with Gasteiger partial charge in [-0.2, -0.15) is 13.2 Å². The van der Waals surface area contributed by atoms with Crippen LogP contribution in [0.15, 0.2) is 18.2 Å². The Morgan fingerprint density at radius 2 is 2.12 bits per heavy atom. The first-order valence-electron chi connectivity index (χ1n) is 4.59. The van der Waals surface area contributed by atoms with Crippen LogP contribution in [0.1, 0.15) is 15.9 Å². The highest BCUT2D eigenvalue weighted by Gasteiger charge is 2.28. The molecule has 1 rings (SSSR count). The maximum Gasteiger partial charge on any atom is 0.414 e. The van der Waals surface area contributed by atoms with Gasteiger partial charge in [-0.25, -0.2) is 5.48 Å². The van der Waals surface area contributed by atoms with E-state index in [-0.39, 0.29) is 16.9 Å². The fourth-order valence-electron chi connectivity index (χ4n) is 1.11. The second kappa shape index (κ2) is 5.05. The third-order valence-electron chi connectivity index (χ3n) is 1.95. The molecule has 1 aromatic carbocycles. The Bertz CT molecular complexity index is 418. The van der Waals surface area contributed by atoms with Gasteiger partial charge >= 0.3 is 6.18 Å². The minimum absolute atomic E-state index is 0.0483. The van der Waals surface area contributed by atoms with Crippen molar-refractivity contribution in [2.45, 2.75) is 13.1 Å². The van der Waals surface area contributed by atoms with Crippen molar-refractivity contribution in [3.63, 3.8) is 0 Å². The summed E-state index contributed by atoms with van der Waals surface area (Å²) in [7, 11) is 0. The van der Waals surface area contributed by atoms with E-state index in [9.17, 15) is 23.1 Å². The number of halogens is 3. The van der Waals surface area contributed by atoms with Crippen LogP contribution in [0.2, 0.25) is 0 Å². The molecule has 94 valence electrons. The van der Waals surface area contributed by atoms with Gasteiger partial charge in [0.1, 0.15) is 5.75 Å². The van der Waals surface area contributed by atoms with Gasteiger partial charge in [0.2, 0.25) is 0 Å². The Balaban J connectivity index is 2.62. The summed E-state index contributed by atoms with van der Waals surface area (Å²) in [5.74, 6) is -0.962. The largest absolute Gasteiger partial charge is 0.508 e. The van der Waals surface area contributed by atoms with Crippen LogP contribution in [0, 0.1) is 6.92 Å². The number of phenolic OH excluding ortho intramolecular Hbond substituents is 1. The van der Waals surface area contributed by atoms with Crippen molar-refractivity contribution in [1.29, 1.82) is 0 Å². The number of amides is 1. The molecule has 0 saturated heterocycles. The smallest absolute Gasteiger partial charge is 0.414 e. The highest BCUT2D eigenvalue weighted by atomic mass is 19.4. The van der Waals surface area contributed by atoms with E-state index in [0.717, 1.165) is 0 Å². The first-order valence-corrected chi connectivity index (χ1v) is 4.59. The summed E-state index contributed by atoms with van der Waals surface area (Å²) in [6.07, 6.45) is -4.51. The summed E-state index contributed by atoms with van der Waals surface area (Å²) in [6.45, 7) is -0.107. The number of benzene rings is 1. The van der Waals surface area contributed by atoms with Crippen molar-refractivity contribution in [3.05, 3.63) is 29.3 Å². The topological polar surface area (TPSA) is 58.6 Å². The Kier molecular flexibility index (Phi) is 3.95. The predicted molar refractivity (Wildman–Crippen MR) is 52.3 cm³/mol. The Labute approximate surface area is 95.0 Å². The van der Waals surface area contributed by atoms with Crippen LogP contribution >= 0.6 is 0 Å². The highest BCUT2D eigenvalue weighted by molar-refractivity contribution is 5.95. The molecule has 0 radical (unpaired) electrons. The number of carbonyl (C=O) groups excluding carboxylic acids is 1. The number of phenols is 1. The predicted octanol–water partition coefficient (Wildman–Crippen LogP) is 1.92. The van der Waals surface area contributed by atoms with Crippen molar-refractivity contribution in [2.75, 3.05) is 6.61 Å². The molecule has 0 aliphatic rings. The van der Waals surface area contributed by atoms with Crippen molar-refractivity contribution in [2.24, 2.45) is 0 Å². The molecule has 0 fully saturated rings. The maximum atomic E-state index is 11.7. The van der Waals surface area contributed by atoms with Gasteiger partial charge in [-0.05, 0) is 19.1 Å². The molecule has 0 aromatic heterocycles. The van der Waals surface area contributed by atoms with E-state index in [1.807, 2.05) is 0 Å². The SMILES string of the molecule is Cc1c(O)cccc1C(=O)NOCC(F)(F)F. The van der Waals surface area contributed by atoms with Crippen molar-refractivity contribution in [1.82, 2.24) is 5.48 Å². The molecule has 0 saturated carbocycles. The molecule has 0 aliphatic carbocycles. The van der Waals surface area contributed by atoms with Crippen LogP contribution in [0.25, 0.3) is 0 Å². The average Bonchev–Trinajstić information content (AvgIpc) is 2.20. The van der Waals surface area contributed by atoms with Gasteiger partial charge in [-0.1, -0.05) is 6.07 Å². The van der Waals surface area contributed by atoms with Crippen molar-refractivity contribution < 1.29 is 27.9 Å². The van der Waals surface area contributed by atoms with Gasteiger partial charge in [-0.15, -0.1) is 0 Å². The van der Waals surface area contributed by atoms with Crippen molar-refractivity contribution >= 4 is 5.91 Å². The summed E-state index contributed by atoms with van der Waals surface area (Å²) in [5.41, 5.74) is 1.97. The Hall–Kier alpha value is -1.76. The summed E-state index contributed by atoms with van der Waals surface area (Å²) >= 11 is 0. The second-order valence-corrected chi connectivity index (χ2v) is 3.28. The molecular formula is C10H10F3NO3. The zero-order valence-electron chi connectivity index (χ0n) is 8.84. The van der Waals surface area contributed by atoms with E-state index >= 15 is 0 Å². The second-order valence-electron chi connectivity index (χ2n) is 3.28. The molecule has 0 aliphatic heterocycles. The minimum Gasteiger partial charge on any atom is -0.508 e. The summed E-state index contributed by atoms with van der Waals surface area (Å²) in [4.78, 5) is 15.4. The van der Waals surface area contributed by atoms with Crippen LogP contribution in [-0.2, 0) is 4.84 Å². The lowest BCUT2D eigenvalue weighted by molar-refractivity contribution is -0.184. The van der Waals surface area contributed by atoms with Crippen molar-refractivity contribution in [3.8, 4) is 5.75 Å². The zero-order valence-corrected chi connectivity index (χ0v) is 8.84. The highest BCUT2D eigenvalue weighted by Crippen LogP contribution is 2.19. The molecule has 17 heavy (non-hydrogen) atoms. The lowest BCUT2D eigenvalue weighted by Gasteiger charge is -2.10. The van der Waals surface area contributed by atoms with Crippen LogP contribution in [0.5, 0.6) is 5.75 Å². The number of nitrogens with one attached hydrogen (secondary N) is 1. The molecule has 0 spiro atoms. The minimum atomic E-state index is -4.51. The number of alkyl halides is 3. The molecule has 0 bridgehead atoms. The van der Waals surface area contributed by atoms with Gasteiger partial charge in [-0.3, -0.25) is 9.63 Å². The fraction of sp³-hybridized carbons (Fsp3) is 0.300. The number of carbonyl (C=O) groups is 1. The zero-order chi connectivity index (χ0) is 13.1. The monoisotopic (exact) mass is 249 g/mol. The third kappa shape index (κ3) is 3.95. The van der Waals surface area contributed by atoms with E-state index in [1.165, 1.54) is 25.1 Å². The number of hydroxylamine groups is 1. The standard InChI is InChI=1S/C10H10F3NO3/c1-6-7(3-2-4-8(6)15)9(16)14-17-5-10(11,12)13/h2-4,15H,5H2,1H3,(H,14,16). The number of hydrogen-bond acceptors (Lipinski definition) is 3. The van der Waals surface area contributed by atoms with Crippen LogP contribution in [-0.4, -0.2) is 23.8 Å². The Morgan fingerprint density at radius 3 is 2.71 bits per heavy atom. The molecule has 0 unspecified atom stereocenters. The van der Waals surface area contributed by atoms with E-state index in [4.69, 9.17) is 0 Å². The van der Waals surface area contributed by atoms with E-state index in [0.29, 0.717) is 0 Å². The lowest BCUT2D eigenvalue weighted by atomic mass is 10.1. The molecule has 4 nitrogen and oxygen atoms in total. The molecule has 1 amide bonds. The van der Waals surface area contributed by atoms with Gasteiger partial charge in [0, 0.05) is 11.1 Å². The molecule has 1 aromatic rings. The van der Waals surface area contributed by atoms with E-state index in [1.54, 1.807) is 5.48 Å². The van der Waals surface area contributed by atoms with E-state index in [2.05, 4.69) is 4.84 Å². The molecular weight excluding hydrogens is 239 g/mol. The van der Waals surface area contributed by atoms with Gasteiger partial charge in [0.15, 0.2) is 6.61 Å². The molecule has 0 atom stereocenters. The van der Waals surface area contributed by atoms with Gasteiger partial charge < -0.3 is 5.11 Å². The molecule has 7 heteroatoms. The van der Waals surface area contributed by atoms with Gasteiger partial charge in [0.05, 0.1) is 0 Å². The first-order chi connectivity index (χ1) is 7.81. The number of hydrogen-bond donors (Lipinski definition) is 2.